The SMILES string of the molecule is COC(=O)CCC/C=C\C[C@@H]1[C@@H](/C=C/[C@H](COc2ccc(Cl)cc2)OC2CCCCO2)[C@H](OC2CCCCO2)C[C@@H]1O. The predicted molar refractivity (Wildman–Crippen MR) is 160 cm³/mol. The molecule has 42 heavy (non-hydrogen) atoms. The lowest BCUT2D eigenvalue weighted by molar-refractivity contribution is -0.193. The molecule has 4 rings (SSSR count). The molecule has 3 fully saturated rings. The molecule has 3 aliphatic rings. The number of methoxy groups -OCH3 is 1. The lowest BCUT2D eigenvalue weighted by Crippen LogP contribution is -2.32. The minimum absolute atomic E-state index is 0.0181. The monoisotopic (exact) mass is 606 g/mol. The summed E-state index contributed by atoms with van der Waals surface area (Å²) in [6, 6.07) is 7.29. The Morgan fingerprint density at radius 2 is 1.81 bits per heavy atom. The number of hydrogen-bond acceptors (Lipinski definition) is 8. The third kappa shape index (κ3) is 11.0. The number of carbonyl (C=O) groups excluding carboxylic acids is 1. The highest BCUT2D eigenvalue weighted by atomic mass is 35.5. The zero-order chi connectivity index (χ0) is 29.6. The summed E-state index contributed by atoms with van der Waals surface area (Å²) in [5.74, 6) is 0.475. The van der Waals surface area contributed by atoms with Crippen LogP contribution in [0.15, 0.2) is 48.6 Å². The maximum Gasteiger partial charge on any atom is 0.305 e. The van der Waals surface area contributed by atoms with Crippen LogP contribution in [-0.2, 0) is 28.5 Å². The van der Waals surface area contributed by atoms with Gasteiger partial charge in [0.25, 0.3) is 0 Å². The molecule has 2 heterocycles. The Kier molecular flexibility index (Phi) is 14.1. The summed E-state index contributed by atoms with van der Waals surface area (Å²) in [6.07, 6.45) is 16.0. The molecule has 1 saturated carbocycles. The van der Waals surface area contributed by atoms with Crippen LogP contribution in [0.2, 0.25) is 5.02 Å². The van der Waals surface area contributed by atoms with Crippen molar-refractivity contribution in [1.29, 1.82) is 0 Å². The molecule has 2 aliphatic heterocycles. The number of aliphatic hydroxyl groups is 1. The van der Waals surface area contributed by atoms with Gasteiger partial charge in [-0.1, -0.05) is 35.9 Å². The molecule has 9 heteroatoms. The summed E-state index contributed by atoms with van der Waals surface area (Å²) in [7, 11) is 1.41. The summed E-state index contributed by atoms with van der Waals surface area (Å²) in [5.41, 5.74) is 0. The number of rotatable bonds is 15. The summed E-state index contributed by atoms with van der Waals surface area (Å²) in [6.45, 7) is 1.71. The quantitative estimate of drug-likeness (QED) is 0.140. The van der Waals surface area contributed by atoms with Crippen LogP contribution in [0, 0.1) is 11.8 Å². The molecular weight excluding hydrogens is 560 g/mol. The lowest BCUT2D eigenvalue weighted by Gasteiger charge is -2.30. The predicted octanol–water partition coefficient (Wildman–Crippen LogP) is 6.39. The molecule has 2 saturated heterocycles. The number of unbranched alkanes of at least 4 members (excludes halogenated alkanes) is 1. The molecule has 2 unspecified atom stereocenters. The van der Waals surface area contributed by atoms with Crippen LogP contribution in [0.5, 0.6) is 5.75 Å². The van der Waals surface area contributed by atoms with Crippen LogP contribution < -0.4 is 4.74 Å². The second-order valence-electron chi connectivity index (χ2n) is 11.3. The Morgan fingerprint density at radius 1 is 1.07 bits per heavy atom. The smallest absolute Gasteiger partial charge is 0.305 e. The number of halogens is 1. The minimum atomic E-state index is -0.501. The average molecular weight is 607 g/mol. The fraction of sp³-hybridized carbons (Fsp3) is 0.667. The number of hydrogen-bond donors (Lipinski definition) is 1. The van der Waals surface area contributed by atoms with Crippen molar-refractivity contribution in [1.82, 2.24) is 0 Å². The summed E-state index contributed by atoms with van der Waals surface area (Å²) in [5, 5.41) is 11.8. The van der Waals surface area contributed by atoms with Crippen LogP contribution in [-0.4, -0.2) is 68.9 Å². The van der Waals surface area contributed by atoms with Crippen molar-refractivity contribution in [2.24, 2.45) is 11.8 Å². The van der Waals surface area contributed by atoms with Gasteiger partial charge in [-0.25, -0.2) is 0 Å². The molecule has 1 aliphatic carbocycles. The van der Waals surface area contributed by atoms with Gasteiger partial charge >= 0.3 is 5.97 Å². The molecule has 234 valence electrons. The van der Waals surface area contributed by atoms with E-state index in [2.05, 4.69) is 18.2 Å². The van der Waals surface area contributed by atoms with Gasteiger partial charge in [0.05, 0.1) is 19.3 Å². The molecule has 0 radical (unpaired) electrons. The van der Waals surface area contributed by atoms with Gasteiger partial charge in [0.2, 0.25) is 0 Å². The van der Waals surface area contributed by atoms with Crippen molar-refractivity contribution >= 4 is 17.6 Å². The zero-order valence-corrected chi connectivity index (χ0v) is 25.5. The van der Waals surface area contributed by atoms with E-state index < -0.39 is 6.10 Å². The molecule has 0 bridgehead atoms. The van der Waals surface area contributed by atoms with Crippen molar-refractivity contribution in [2.45, 2.75) is 102 Å². The van der Waals surface area contributed by atoms with Gasteiger partial charge in [-0.3, -0.25) is 4.79 Å². The number of aliphatic hydroxyl groups excluding tert-OH is 1. The van der Waals surface area contributed by atoms with E-state index >= 15 is 0 Å². The van der Waals surface area contributed by atoms with Crippen molar-refractivity contribution < 1.29 is 38.3 Å². The fourth-order valence-electron chi connectivity index (χ4n) is 5.80. The number of ether oxygens (including phenoxy) is 6. The first kappa shape index (κ1) is 33.0. The minimum Gasteiger partial charge on any atom is -0.491 e. The van der Waals surface area contributed by atoms with Gasteiger partial charge < -0.3 is 33.5 Å². The van der Waals surface area contributed by atoms with Crippen LogP contribution in [0.1, 0.15) is 70.6 Å². The molecule has 1 N–H and O–H groups in total. The first-order chi connectivity index (χ1) is 20.5. The number of carbonyl (C=O) groups is 1. The molecule has 0 aromatic heterocycles. The number of esters is 1. The Labute approximate surface area is 255 Å². The van der Waals surface area contributed by atoms with Crippen molar-refractivity contribution in [3.8, 4) is 5.75 Å². The van der Waals surface area contributed by atoms with Gasteiger partial charge in [-0.05, 0) is 88.0 Å². The molecule has 1 aromatic rings. The van der Waals surface area contributed by atoms with E-state index in [1.54, 1.807) is 12.1 Å². The van der Waals surface area contributed by atoms with Gasteiger partial charge in [0, 0.05) is 37.0 Å². The molecule has 0 amide bonds. The largest absolute Gasteiger partial charge is 0.491 e. The molecule has 8 nitrogen and oxygen atoms in total. The van der Waals surface area contributed by atoms with E-state index in [4.69, 9.17) is 40.0 Å². The maximum atomic E-state index is 11.4. The first-order valence-electron chi connectivity index (χ1n) is 15.5. The van der Waals surface area contributed by atoms with Gasteiger partial charge in [-0.2, -0.15) is 0 Å². The van der Waals surface area contributed by atoms with Gasteiger partial charge in [0.1, 0.15) is 18.5 Å². The van der Waals surface area contributed by atoms with E-state index in [0.717, 1.165) is 51.4 Å². The number of benzene rings is 1. The van der Waals surface area contributed by atoms with Crippen molar-refractivity contribution in [3.63, 3.8) is 0 Å². The van der Waals surface area contributed by atoms with Gasteiger partial charge in [0.15, 0.2) is 12.6 Å². The van der Waals surface area contributed by atoms with Crippen molar-refractivity contribution in [2.75, 3.05) is 26.9 Å². The summed E-state index contributed by atoms with van der Waals surface area (Å²) < 4.78 is 35.4. The van der Waals surface area contributed by atoms with Crippen LogP contribution in [0.3, 0.4) is 0 Å². The summed E-state index contributed by atoms with van der Waals surface area (Å²) >= 11 is 6.04. The second kappa shape index (κ2) is 18.0. The van der Waals surface area contributed by atoms with E-state index in [1.165, 1.54) is 7.11 Å². The summed E-state index contributed by atoms with van der Waals surface area (Å²) in [4.78, 5) is 11.4. The highest BCUT2D eigenvalue weighted by molar-refractivity contribution is 6.30. The van der Waals surface area contributed by atoms with Crippen molar-refractivity contribution in [3.05, 3.63) is 53.6 Å². The zero-order valence-electron chi connectivity index (χ0n) is 24.7. The van der Waals surface area contributed by atoms with Crippen LogP contribution in [0.25, 0.3) is 0 Å². The van der Waals surface area contributed by atoms with E-state index in [1.807, 2.05) is 18.2 Å². The maximum absolute atomic E-state index is 11.4. The third-order valence-electron chi connectivity index (χ3n) is 8.15. The van der Waals surface area contributed by atoms with E-state index in [0.29, 0.717) is 49.9 Å². The van der Waals surface area contributed by atoms with E-state index in [9.17, 15) is 9.90 Å². The Balaban J connectivity index is 1.44. The lowest BCUT2D eigenvalue weighted by atomic mass is 9.89. The first-order valence-corrected chi connectivity index (χ1v) is 15.9. The topological polar surface area (TPSA) is 92.7 Å². The fourth-order valence-corrected chi connectivity index (χ4v) is 5.92. The Morgan fingerprint density at radius 3 is 2.50 bits per heavy atom. The standard InChI is InChI=1S/C33H47ClO8/c1-37-31(36)11-5-3-2-4-10-27-28(30(22-29(27)35)42-33-13-7-9-21-39-33)19-18-26(41-32-12-6-8-20-38-32)23-40-25-16-14-24(34)15-17-25/h2,4,14-19,26-30,32-33,35H,3,5-13,20-23H2,1H3/b4-2-,19-18+/t26-,27-,28-,29+,30-,32?,33?/m1/s1. The molecule has 0 spiro atoms. The normalized spacial score (nSPS) is 29.2. The number of allylic oxidation sites excluding steroid dienone is 2. The third-order valence-corrected chi connectivity index (χ3v) is 8.40. The average Bonchev–Trinajstić information content (AvgIpc) is 3.30. The van der Waals surface area contributed by atoms with Crippen LogP contribution in [0.4, 0.5) is 0 Å². The van der Waals surface area contributed by atoms with Crippen LogP contribution >= 0.6 is 11.6 Å². The Bertz CT molecular complexity index is 971. The van der Waals surface area contributed by atoms with E-state index in [-0.39, 0.29) is 42.6 Å². The molecular formula is C33H47ClO8. The highest BCUT2D eigenvalue weighted by Crippen LogP contribution is 2.39. The van der Waals surface area contributed by atoms with Gasteiger partial charge in [-0.15, -0.1) is 0 Å². The highest BCUT2D eigenvalue weighted by Gasteiger charge is 2.42. The second-order valence-corrected chi connectivity index (χ2v) is 11.7. The molecule has 7 atom stereocenters. The molecule has 1 aromatic carbocycles. The Hall–Kier alpha value is -1.94.